The number of methoxy groups -OCH3 is 1. The number of allylic oxidation sites excluding steroid dienone is 2. The first kappa shape index (κ1) is 28.6. The van der Waals surface area contributed by atoms with Crippen molar-refractivity contribution in [2.24, 2.45) is 29.6 Å². The summed E-state index contributed by atoms with van der Waals surface area (Å²) >= 11 is 0. The first-order valence-corrected chi connectivity index (χ1v) is 15.8. The van der Waals surface area contributed by atoms with Gasteiger partial charge in [-0.15, -0.1) is 0 Å². The lowest BCUT2D eigenvalue weighted by molar-refractivity contribution is 0.156. The van der Waals surface area contributed by atoms with Crippen molar-refractivity contribution in [3.05, 3.63) is 41.5 Å². The molecule has 0 heterocycles. The molecule has 4 rings (SSSR count). The lowest BCUT2D eigenvalue weighted by atomic mass is 9.68. The number of unbranched alkanes of at least 4 members (excludes halogenated alkanes) is 2. The highest BCUT2D eigenvalue weighted by Gasteiger charge is 2.32. The Hall–Kier alpha value is -1.38. The van der Waals surface area contributed by atoms with Crippen molar-refractivity contribution in [1.82, 2.24) is 0 Å². The van der Waals surface area contributed by atoms with Gasteiger partial charge in [-0.3, -0.25) is 0 Å². The summed E-state index contributed by atoms with van der Waals surface area (Å²) in [6.45, 7) is 2.30. The second-order valence-corrected chi connectivity index (χ2v) is 12.7. The molecule has 1 nitrogen and oxygen atoms in total. The van der Waals surface area contributed by atoms with E-state index < -0.39 is 11.6 Å². The van der Waals surface area contributed by atoms with Gasteiger partial charge in [-0.2, -0.15) is 4.39 Å². The maximum absolute atomic E-state index is 14.6. The maximum Gasteiger partial charge on any atom is 0.200 e. The van der Waals surface area contributed by atoms with Gasteiger partial charge in [0.1, 0.15) is 0 Å². The fraction of sp³-hybridized carbons (Fsp3) is 0.765. The van der Waals surface area contributed by atoms with Crippen LogP contribution < -0.4 is 4.74 Å². The largest absolute Gasteiger partial charge is 0.494 e. The molecule has 0 saturated heterocycles. The van der Waals surface area contributed by atoms with Gasteiger partial charge in [0.05, 0.1) is 7.11 Å². The summed E-state index contributed by atoms with van der Waals surface area (Å²) in [7, 11) is 1.38. The van der Waals surface area contributed by atoms with E-state index >= 15 is 0 Å². The monoisotopic (exact) mass is 514 g/mol. The average molecular weight is 515 g/mol. The summed E-state index contributed by atoms with van der Waals surface area (Å²) in [5.74, 6) is 3.00. The standard InChI is InChI=1S/C34H52F2O/c1-3-4-5-8-25-11-13-26(14-12-25)9-6-7-10-27-15-17-28(18-16-27)29-19-21-30(22-20-29)31-23-24-32(37-2)34(36)33(31)35/h6,9,23-30H,3-5,7-8,10-22H2,1-2H3/b9-6+. The van der Waals surface area contributed by atoms with E-state index in [9.17, 15) is 8.78 Å². The van der Waals surface area contributed by atoms with Crippen LogP contribution in [0.5, 0.6) is 5.75 Å². The number of ether oxygens (including phenoxy) is 1. The van der Waals surface area contributed by atoms with E-state index in [1.54, 1.807) is 12.1 Å². The average Bonchev–Trinajstić information content (AvgIpc) is 2.94. The fourth-order valence-electron chi connectivity index (χ4n) is 7.84. The zero-order chi connectivity index (χ0) is 26.0. The SMILES string of the molecule is CCCCCC1CCC(/C=C/CCC2CCC(C3CCC(c4ccc(OC)c(F)c4F)CC3)CC2)CC1. The first-order chi connectivity index (χ1) is 18.1. The van der Waals surface area contributed by atoms with Crippen LogP contribution in [0, 0.1) is 41.2 Å². The van der Waals surface area contributed by atoms with Crippen molar-refractivity contribution < 1.29 is 13.5 Å². The molecule has 3 saturated carbocycles. The van der Waals surface area contributed by atoms with Crippen LogP contribution >= 0.6 is 0 Å². The van der Waals surface area contributed by atoms with Gasteiger partial charge in [-0.05, 0) is 124 Å². The summed E-state index contributed by atoms with van der Waals surface area (Å²) in [4.78, 5) is 0. The molecule has 0 atom stereocenters. The molecule has 3 aliphatic carbocycles. The smallest absolute Gasteiger partial charge is 0.200 e. The molecule has 0 aromatic heterocycles. The van der Waals surface area contributed by atoms with Gasteiger partial charge in [0.15, 0.2) is 11.6 Å². The topological polar surface area (TPSA) is 9.23 Å². The number of hydrogen-bond donors (Lipinski definition) is 0. The van der Waals surface area contributed by atoms with Crippen molar-refractivity contribution in [1.29, 1.82) is 0 Å². The molecule has 0 aliphatic heterocycles. The molecular weight excluding hydrogens is 462 g/mol. The molecule has 1 aromatic carbocycles. The minimum Gasteiger partial charge on any atom is -0.494 e. The van der Waals surface area contributed by atoms with Crippen LogP contribution in [-0.2, 0) is 0 Å². The lowest BCUT2D eigenvalue weighted by Gasteiger charge is -2.38. The molecule has 37 heavy (non-hydrogen) atoms. The lowest BCUT2D eigenvalue weighted by Crippen LogP contribution is -2.25. The van der Waals surface area contributed by atoms with Gasteiger partial charge < -0.3 is 4.74 Å². The number of benzene rings is 1. The summed E-state index contributed by atoms with van der Waals surface area (Å²) in [6.07, 6.45) is 28.9. The van der Waals surface area contributed by atoms with E-state index in [0.29, 0.717) is 5.56 Å². The van der Waals surface area contributed by atoms with Crippen LogP contribution in [0.25, 0.3) is 0 Å². The number of hydrogen-bond acceptors (Lipinski definition) is 1. The van der Waals surface area contributed by atoms with E-state index in [4.69, 9.17) is 4.74 Å². The highest BCUT2D eigenvalue weighted by molar-refractivity contribution is 5.33. The second kappa shape index (κ2) is 14.7. The summed E-state index contributed by atoms with van der Waals surface area (Å²) in [5.41, 5.74) is 0.550. The second-order valence-electron chi connectivity index (χ2n) is 12.7. The maximum atomic E-state index is 14.6. The minimum absolute atomic E-state index is 0.00230. The molecule has 0 N–H and O–H groups in total. The van der Waals surface area contributed by atoms with Crippen molar-refractivity contribution in [3.63, 3.8) is 0 Å². The van der Waals surface area contributed by atoms with Gasteiger partial charge in [-0.1, -0.05) is 63.7 Å². The minimum atomic E-state index is -0.833. The molecule has 0 bridgehead atoms. The van der Waals surface area contributed by atoms with Crippen LogP contribution in [0.15, 0.2) is 24.3 Å². The molecule has 1 aromatic rings. The Morgan fingerprint density at radius 1 is 0.757 bits per heavy atom. The molecule has 0 amide bonds. The van der Waals surface area contributed by atoms with Crippen molar-refractivity contribution in [2.75, 3.05) is 7.11 Å². The van der Waals surface area contributed by atoms with Crippen LogP contribution in [0.3, 0.4) is 0 Å². The third kappa shape index (κ3) is 8.06. The van der Waals surface area contributed by atoms with Gasteiger partial charge in [-0.25, -0.2) is 4.39 Å². The van der Waals surface area contributed by atoms with Crippen LogP contribution in [0.1, 0.15) is 134 Å². The zero-order valence-corrected chi connectivity index (χ0v) is 23.7. The van der Waals surface area contributed by atoms with Gasteiger partial charge in [0.2, 0.25) is 5.82 Å². The molecule has 3 heteroatoms. The van der Waals surface area contributed by atoms with E-state index in [1.165, 1.54) is 97.0 Å². The Morgan fingerprint density at radius 2 is 1.38 bits per heavy atom. The Morgan fingerprint density at radius 3 is 2.03 bits per heavy atom. The zero-order valence-electron chi connectivity index (χ0n) is 23.7. The molecule has 0 unspecified atom stereocenters. The predicted molar refractivity (Wildman–Crippen MR) is 151 cm³/mol. The fourth-order valence-corrected chi connectivity index (χ4v) is 7.84. The Labute approximate surface area is 225 Å². The molecule has 208 valence electrons. The highest BCUT2D eigenvalue weighted by atomic mass is 19.2. The quantitative estimate of drug-likeness (QED) is 0.211. The number of halogens is 2. The third-order valence-corrected chi connectivity index (χ3v) is 10.3. The Bertz CT molecular complexity index is 824. The normalized spacial score (nSPS) is 31.0. The number of rotatable bonds is 11. The first-order valence-electron chi connectivity index (χ1n) is 15.8. The molecule has 0 spiro atoms. The van der Waals surface area contributed by atoms with E-state index in [1.807, 2.05) is 0 Å². The molecular formula is C34H52F2O. The molecule has 3 aliphatic rings. The van der Waals surface area contributed by atoms with Crippen LogP contribution in [0.2, 0.25) is 0 Å². The van der Waals surface area contributed by atoms with Gasteiger partial charge in [0, 0.05) is 0 Å². The third-order valence-electron chi connectivity index (χ3n) is 10.3. The van der Waals surface area contributed by atoms with Crippen LogP contribution in [-0.4, -0.2) is 7.11 Å². The molecule has 3 fully saturated rings. The van der Waals surface area contributed by atoms with Gasteiger partial charge >= 0.3 is 0 Å². The van der Waals surface area contributed by atoms with Crippen molar-refractivity contribution >= 4 is 0 Å². The Kier molecular flexibility index (Phi) is 11.4. The molecule has 0 radical (unpaired) electrons. The van der Waals surface area contributed by atoms with E-state index in [-0.39, 0.29) is 11.7 Å². The predicted octanol–water partition coefficient (Wildman–Crippen LogP) is 10.8. The van der Waals surface area contributed by atoms with Crippen molar-refractivity contribution in [3.8, 4) is 5.75 Å². The van der Waals surface area contributed by atoms with Crippen LogP contribution in [0.4, 0.5) is 8.78 Å². The summed E-state index contributed by atoms with van der Waals surface area (Å²) in [5, 5.41) is 0. The summed E-state index contributed by atoms with van der Waals surface area (Å²) in [6, 6.07) is 3.32. The Balaban J connectivity index is 1.10. The van der Waals surface area contributed by atoms with E-state index in [0.717, 1.165) is 55.3 Å². The summed E-state index contributed by atoms with van der Waals surface area (Å²) < 4.78 is 33.7. The van der Waals surface area contributed by atoms with Gasteiger partial charge in [0.25, 0.3) is 0 Å². The van der Waals surface area contributed by atoms with Crippen molar-refractivity contribution in [2.45, 2.75) is 128 Å². The highest BCUT2D eigenvalue weighted by Crippen LogP contribution is 2.45. The van der Waals surface area contributed by atoms with E-state index in [2.05, 4.69) is 19.1 Å².